The van der Waals surface area contributed by atoms with Crippen LogP contribution in [0.3, 0.4) is 0 Å². The maximum atomic E-state index is 12.1. The highest BCUT2D eigenvalue weighted by Crippen LogP contribution is 2.28. The third-order valence-corrected chi connectivity index (χ3v) is 3.28. The van der Waals surface area contributed by atoms with Crippen LogP contribution in [0.15, 0.2) is 6.20 Å². The van der Waals surface area contributed by atoms with Crippen LogP contribution in [0.25, 0.3) is 0 Å². The molecule has 0 N–H and O–H groups in total. The summed E-state index contributed by atoms with van der Waals surface area (Å²) in [6.45, 7) is 0.429. The van der Waals surface area contributed by atoms with Gasteiger partial charge in [0.05, 0.1) is 38.3 Å². The monoisotopic (exact) mass is 287 g/mol. The summed E-state index contributed by atoms with van der Waals surface area (Å²) in [4.78, 5) is 25.0. The maximum Gasteiger partial charge on any atom is 0.311 e. The fourth-order valence-corrected chi connectivity index (χ4v) is 2.30. The minimum atomic E-state index is -0.548. The average Bonchev–Trinajstić information content (AvgIpc) is 3.06. The molecule has 0 aromatic carbocycles. The number of hydrogen-bond donors (Lipinski definition) is 0. The van der Waals surface area contributed by atoms with Crippen molar-refractivity contribution in [1.29, 1.82) is 10.5 Å². The minimum absolute atomic E-state index is 0.0426. The van der Waals surface area contributed by atoms with Crippen LogP contribution in [0.4, 0.5) is 5.82 Å². The number of aromatic nitrogens is 2. The lowest BCUT2D eigenvalue weighted by molar-refractivity contribution is -0.145. The van der Waals surface area contributed by atoms with E-state index in [1.807, 2.05) is 12.1 Å². The topological polar surface area (TPSA) is 112 Å². The Morgan fingerprint density at radius 2 is 2.33 bits per heavy atom. The molecule has 0 saturated carbocycles. The Balaban J connectivity index is 2.31. The third kappa shape index (κ3) is 2.70. The highest BCUT2D eigenvalue weighted by atomic mass is 16.5. The van der Waals surface area contributed by atoms with Crippen molar-refractivity contribution in [2.24, 2.45) is 5.92 Å². The Morgan fingerprint density at radius 3 is 2.95 bits per heavy atom. The molecule has 1 saturated heterocycles. The predicted molar refractivity (Wildman–Crippen MR) is 69.6 cm³/mol. The molecule has 0 spiro atoms. The Morgan fingerprint density at radius 1 is 1.57 bits per heavy atom. The Kier molecular flexibility index (Phi) is 4.19. The lowest BCUT2D eigenvalue weighted by atomic mass is 10.1. The van der Waals surface area contributed by atoms with E-state index in [0.717, 1.165) is 0 Å². The van der Waals surface area contributed by atoms with Crippen molar-refractivity contribution >= 4 is 17.7 Å². The Bertz CT molecular complexity index is 652. The zero-order chi connectivity index (χ0) is 15.4. The van der Waals surface area contributed by atoms with Crippen LogP contribution in [-0.2, 0) is 20.9 Å². The molecule has 0 bridgehead atoms. The van der Waals surface area contributed by atoms with Gasteiger partial charge in [-0.2, -0.15) is 15.6 Å². The van der Waals surface area contributed by atoms with Crippen molar-refractivity contribution in [3.63, 3.8) is 0 Å². The number of aryl methyl sites for hydroxylation is 1. The van der Waals surface area contributed by atoms with E-state index in [1.54, 1.807) is 0 Å². The van der Waals surface area contributed by atoms with Gasteiger partial charge in [-0.3, -0.25) is 14.5 Å². The number of carbonyl (C=O) groups is 2. The van der Waals surface area contributed by atoms with Gasteiger partial charge < -0.3 is 4.74 Å². The molecule has 2 heterocycles. The zero-order valence-electron chi connectivity index (χ0n) is 11.4. The molecular formula is C13H13N5O3. The molecular weight excluding hydrogens is 274 g/mol. The van der Waals surface area contributed by atoms with Crippen LogP contribution in [0.5, 0.6) is 0 Å². The lowest BCUT2D eigenvalue weighted by Crippen LogP contribution is -2.29. The van der Waals surface area contributed by atoms with Crippen molar-refractivity contribution in [2.45, 2.75) is 19.4 Å². The third-order valence-electron chi connectivity index (χ3n) is 3.28. The summed E-state index contributed by atoms with van der Waals surface area (Å²) >= 11 is 0. The molecule has 2 rings (SSSR count). The standard InChI is InChI=1S/C13H13N5O3/c1-21-13(20)9-5-11(19)17(8-9)12-10(6-15)7-16-18(12)4-2-3-14/h7,9H,2,4-5,8H2,1H3. The average molecular weight is 287 g/mol. The molecule has 8 nitrogen and oxygen atoms in total. The number of methoxy groups -OCH3 is 1. The second kappa shape index (κ2) is 6.06. The quantitative estimate of drug-likeness (QED) is 0.731. The van der Waals surface area contributed by atoms with Gasteiger partial charge in [0.25, 0.3) is 0 Å². The maximum absolute atomic E-state index is 12.1. The molecule has 108 valence electrons. The SMILES string of the molecule is COC(=O)C1CC(=O)N(c2c(C#N)cnn2CCC#N)C1. The molecule has 0 radical (unpaired) electrons. The minimum Gasteiger partial charge on any atom is -0.469 e. The van der Waals surface area contributed by atoms with E-state index >= 15 is 0 Å². The number of carbonyl (C=O) groups excluding carboxylic acids is 2. The van der Waals surface area contributed by atoms with E-state index in [9.17, 15) is 9.59 Å². The zero-order valence-corrected chi connectivity index (χ0v) is 11.4. The highest BCUT2D eigenvalue weighted by Gasteiger charge is 2.38. The van der Waals surface area contributed by atoms with E-state index < -0.39 is 11.9 Å². The van der Waals surface area contributed by atoms with Crippen molar-refractivity contribution in [3.8, 4) is 12.1 Å². The normalized spacial score (nSPS) is 17.4. The molecule has 8 heteroatoms. The number of anilines is 1. The van der Waals surface area contributed by atoms with Gasteiger partial charge in [-0.1, -0.05) is 0 Å². The molecule has 0 aliphatic carbocycles. The summed E-state index contributed by atoms with van der Waals surface area (Å²) in [6.07, 6.45) is 1.61. The molecule has 1 aromatic rings. The molecule has 1 aliphatic rings. The first kappa shape index (κ1) is 14.5. The smallest absolute Gasteiger partial charge is 0.311 e. The van der Waals surface area contributed by atoms with Crippen LogP contribution < -0.4 is 4.90 Å². The molecule has 1 aromatic heterocycles. The van der Waals surface area contributed by atoms with Gasteiger partial charge in [0.2, 0.25) is 5.91 Å². The summed E-state index contributed by atoms with van der Waals surface area (Å²) in [5.41, 5.74) is 0.242. The van der Waals surface area contributed by atoms with Crippen molar-refractivity contribution in [2.75, 3.05) is 18.6 Å². The first-order valence-corrected chi connectivity index (χ1v) is 6.33. The second-order valence-electron chi connectivity index (χ2n) is 4.55. The summed E-state index contributed by atoms with van der Waals surface area (Å²) in [7, 11) is 1.27. The first-order valence-electron chi connectivity index (χ1n) is 6.33. The largest absolute Gasteiger partial charge is 0.469 e. The van der Waals surface area contributed by atoms with Crippen LogP contribution >= 0.6 is 0 Å². The molecule has 1 amide bonds. The number of ether oxygens (including phenoxy) is 1. The van der Waals surface area contributed by atoms with Crippen LogP contribution in [0, 0.1) is 28.6 Å². The summed E-state index contributed by atoms with van der Waals surface area (Å²) in [6, 6.07) is 3.96. The van der Waals surface area contributed by atoms with Crippen LogP contribution in [0.1, 0.15) is 18.4 Å². The predicted octanol–water partition coefficient (Wildman–Crippen LogP) is 0.194. The van der Waals surface area contributed by atoms with Crippen molar-refractivity contribution < 1.29 is 14.3 Å². The summed E-state index contributed by atoms with van der Waals surface area (Å²) < 4.78 is 6.10. The molecule has 1 aliphatic heterocycles. The van der Waals surface area contributed by atoms with Crippen molar-refractivity contribution in [1.82, 2.24) is 9.78 Å². The number of nitrogens with zero attached hydrogens (tertiary/aromatic N) is 5. The first-order chi connectivity index (χ1) is 10.1. The summed E-state index contributed by atoms with van der Waals surface area (Å²) in [5, 5.41) is 21.8. The van der Waals surface area contributed by atoms with Gasteiger partial charge in [-0.25, -0.2) is 4.68 Å². The van der Waals surface area contributed by atoms with E-state index in [0.29, 0.717) is 5.82 Å². The molecule has 1 fully saturated rings. The summed E-state index contributed by atoms with van der Waals surface area (Å²) in [5.74, 6) is -0.925. The second-order valence-corrected chi connectivity index (χ2v) is 4.55. The van der Waals surface area contributed by atoms with Crippen LogP contribution in [0.2, 0.25) is 0 Å². The number of rotatable bonds is 4. The lowest BCUT2D eigenvalue weighted by Gasteiger charge is -2.18. The van der Waals surface area contributed by atoms with Crippen LogP contribution in [-0.4, -0.2) is 35.3 Å². The fourth-order valence-electron chi connectivity index (χ4n) is 2.30. The van der Waals surface area contributed by atoms with Gasteiger partial charge in [0.15, 0.2) is 5.82 Å². The van der Waals surface area contributed by atoms with Gasteiger partial charge in [0.1, 0.15) is 11.6 Å². The fraction of sp³-hybridized carbons (Fsp3) is 0.462. The van der Waals surface area contributed by atoms with Gasteiger partial charge >= 0.3 is 5.97 Å². The molecule has 1 atom stereocenters. The number of hydrogen-bond acceptors (Lipinski definition) is 6. The van der Waals surface area contributed by atoms with E-state index in [4.69, 9.17) is 10.5 Å². The van der Waals surface area contributed by atoms with Gasteiger partial charge in [-0.05, 0) is 0 Å². The van der Waals surface area contributed by atoms with Gasteiger partial charge in [0, 0.05) is 13.0 Å². The molecule has 1 unspecified atom stereocenters. The Labute approximate surface area is 121 Å². The number of nitriles is 2. The number of esters is 1. The van der Waals surface area contributed by atoms with E-state index in [1.165, 1.54) is 22.9 Å². The molecule has 21 heavy (non-hydrogen) atoms. The van der Waals surface area contributed by atoms with Crippen molar-refractivity contribution in [3.05, 3.63) is 11.8 Å². The number of amides is 1. The highest BCUT2D eigenvalue weighted by molar-refractivity contribution is 5.99. The van der Waals surface area contributed by atoms with E-state index in [-0.39, 0.29) is 37.4 Å². The van der Waals surface area contributed by atoms with Gasteiger partial charge in [-0.15, -0.1) is 0 Å². The van der Waals surface area contributed by atoms with E-state index in [2.05, 4.69) is 9.84 Å². The Hall–Kier alpha value is -2.87.